The van der Waals surface area contributed by atoms with Crippen LogP contribution in [0.15, 0.2) is 29.3 Å². The lowest BCUT2D eigenvalue weighted by molar-refractivity contribution is 0.0926. The van der Waals surface area contributed by atoms with Crippen LogP contribution in [0, 0.1) is 5.92 Å². The van der Waals surface area contributed by atoms with Gasteiger partial charge >= 0.3 is 0 Å². The Morgan fingerprint density at radius 2 is 1.83 bits per heavy atom. The lowest BCUT2D eigenvalue weighted by Crippen LogP contribution is -2.51. The fourth-order valence-corrected chi connectivity index (χ4v) is 2.96. The Labute approximate surface area is 145 Å². The van der Waals surface area contributed by atoms with Crippen LogP contribution in [0.3, 0.4) is 0 Å². The summed E-state index contributed by atoms with van der Waals surface area (Å²) >= 11 is 0. The molecule has 0 bridgehead atoms. The lowest BCUT2D eigenvalue weighted by atomic mass is 10.0. The highest BCUT2D eigenvalue weighted by Gasteiger charge is 2.24. The topological polar surface area (TPSA) is 66.1 Å². The van der Waals surface area contributed by atoms with E-state index in [2.05, 4.69) is 41.0 Å². The van der Waals surface area contributed by atoms with E-state index < -0.39 is 0 Å². The first-order chi connectivity index (χ1) is 11.5. The van der Waals surface area contributed by atoms with Crippen LogP contribution in [0.25, 0.3) is 0 Å². The molecule has 1 fully saturated rings. The largest absolute Gasteiger partial charge is 0.497 e. The predicted molar refractivity (Wildman–Crippen MR) is 101 cm³/mol. The fraction of sp³-hybridized carbons (Fsp3) is 0.611. The van der Waals surface area contributed by atoms with Gasteiger partial charge in [-0.1, -0.05) is 13.8 Å². The summed E-state index contributed by atoms with van der Waals surface area (Å²) in [6, 6.07) is 8.09. The highest BCUT2D eigenvalue weighted by Crippen LogP contribution is 2.16. The van der Waals surface area contributed by atoms with Crippen molar-refractivity contribution in [3.05, 3.63) is 24.3 Å². The van der Waals surface area contributed by atoms with Gasteiger partial charge < -0.3 is 20.7 Å². The Morgan fingerprint density at radius 1 is 1.21 bits per heavy atom. The molecule has 1 aliphatic rings. The minimum Gasteiger partial charge on any atom is -0.497 e. The molecule has 3 N–H and O–H groups in total. The summed E-state index contributed by atoms with van der Waals surface area (Å²) in [5, 5.41) is 3.14. The van der Waals surface area contributed by atoms with Crippen LogP contribution in [-0.2, 0) is 0 Å². The van der Waals surface area contributed by atoms with Gasteiger partial charge in [0.05, 0.1) is 13.7 Å². The van der Waals surface area contributed by atoms with E-state index in [-0.39, 0.29) is 0 Å². The van der Waals surface area contributed by atoms with Gasteiger partial charge in [-0.25, -0.2) is 0 Å². The number of hydrogen-bond acceptors (Lipinski definition) is 4. The van der Waals surface area contributed by atoms with Gasteiger partial charge in [0.15, 0.2) is 5.96 Å². The van der Waals surface area contributed by atoms with Crippen LogP contribution in [0.2, 0.25) is 0 Å². The van der Waals surface area contributed by atoms with Crippen LogP contribution < -0.4 is 15.8 Å². The maximum Gasteiger partial charge on any atom is 0.193 e. The number of nitrogens with zero attached hydrogens (tertiary/aromatic N) is 3. The van der Waals surface area contributed by atoms with Crippen molar-refractivity contribution >= 4 is 11.6 Å². The summed E-state index contributed by atoms with van der Waals surface area (Å²) in [6.45, 7) is 9.66. The first kappa shape index (κ1) is 18.5. The molecule has 1 heterocycles. The van der Waals surface area contributed by atoms with E-state index in [1.54, 1.807) is 7.11 Å². The summed E-state index contributed by atoms with van der Waals surface area (Å²) in [4.78, 5) is 9.48. The molecule has 0 aliphatic carbocycles. The van der Waals surface area contributed by atoms with Gasteiger partial charge in [-0.05, 0) is 37.2 Å². The van der Waals surface area contributed by atoms with Crippen LogP contribution in [0.1, 0.15) is 13.8 Å². The second-order valence-electron chi connectivity index (χ2n) is 6.73. The standard InChI is InChI=1S/C18H31N5O/c1-14(2)17(23-11-9-22(3)10-12-23)13-20-18(19)21-15-5-7-16(24-4)8-6-15/h5-8,14,17H,9-13H2,1-4H3,(H3,19,20,21). The molecule has 0 radical (unpaired) electrons. The van der Waals surface area contributed by atoms with E-state index >= 15 is 0 Å². The van der Waals surface area contributed by atoms with Crippen molar-refractivity contribution in [2.24, 2.45) is 16.6 Å². The van der Waals surface area contributed by atoms with Crippen molar-refractivity contribution in [3.63, 3.8) is 0 Å². The Bertz CT molecular complexity index is 521. The van der Waals surface area contributed by atoms with Crippen LogP contribution in [0.4, 0.5) is 5.69 Å². The zero-order valence-corrected chi connectivity index (χ0v) is 15.3. The van der Waals surface area contributed by atoms with E-state index in [1.165, 1.54) is 0 Å². The van der Waals surface area contributed by atoms with Crippen LogP contribution >= 0.6 is 0 Å². The zero-order chi connectivity index (χ0) is 17.5. The minimum absolute atomic E-state index is 0.426. The number of hydrogen-bond donors (Lipinski definition) is 2. The average Bonchev–Trinajstić information content (AvgIpc) is 2.57. The van der Waals surface area contributed by atoms with Gasteiger partial charge in [-0.3, -0.25) is 9.89 Å². The van der Waals surface area contributed by atoms with E-state index in [9.17, 15) is 0 Å². The highest BCUT2D eigenvalue weighted by molar-refractivity contribution is 5.92. The number of anilines is 1. The zero-order valence-electron chi connectivity index (χ0n) is 15.3. The number of aliphatic imine (C=N–C) groups is 1. The van der Waals surface area contributed by atoms with Crippen molar-refractivity contribution in [1.82, 2.24) is 9.80 Å². The Kier molecular flexibility index (Phi) is 6.87. The fourth-order valence-electron chi connectivity index (χ4n) is 2.96. The van der Waals surface area contributed by atoms with Crippen molar-refractivity contribution in [3.8, 4) is 5.75 Å². The van der Waals surface area contributed by atoms with Crippen molar-refractivity contribution < 1.29 is 4.74 Å². The number of benzene rings is 1. The molecule has 1 atom stereocenters. The first-order valence-electron chi connectivity index (χ1n) is 8.63. The second-order valence-corrected chi connectivity index (χ2v) is 6.73. The number of likely N-dealkylation sites (N-methyl/N-ethyl adjacent to an activating group) is 1. The molecule has 2 rings (SSSR count). The van der Waals surface area contributed by atoms with Gasteiger partial charge in [0.2, 0.25) is 0 Å². The Balaban J connectivity index is 1.92. The molecule has 24 heavy (non-hydrogen) atoms. The van der Waals surface area contributed by atoms with E-state index in [4.69, 9.17) is 10.5 Å². The number of guanidine groups is 1. The number of piperazine rings is 1. The summed E-state index contributed by atoms with van der Waals surface area (Å²) in [7, 11) is 3.83. The SMILES string of the molecule is COc1ccc(NC(N)=NCC(C(C)C)N2CCN(C)CC2)cc1. The third-order valence-electron chi connectivity index (χ3n) is 4.59. The molecule has 0 amide bonds. The van der Waals surface area contributed by atoms with Gasteiger partial charge in [0.1, 0.15) is 5.75 Å². The van der Waals surface area contributed by atoms with Gasteiger partial charge in [0.25, 0.3) is 0 Å². The molecular weight excluding hydrogens is 302 g/mol. The van der Waals surface area contributed by atoms with E-state index in [1.807, 2.05) is 24.3 Å². The molecule has 0 saturated carbocycles. The first-order valence-corrected chi connectivity index (χ1v) is 8.63. The van der Waals surface area contributed by atoms with Crippen molar-refractivity contribution in [2.75, 3.05) is 52.2 Å². The molecule has 1 aromatic carbocycles. The molecule has 6 nitrogen and oxygen atoms in total. The van der Waals surface area contributed by atoms with Crippen molar-refractivity contribution in [1.29, 1.82) is 0 Å². The Hall–Kier alpha value is -1.79. The quantitative estimate of drug-likeness (QED) is 0.613. The lowest BCUT2D eigenvalue weighted by Gasteiger charge is -2.39. The molecule has 1 saturated heterocycles. The van der Waals surface area contributed by atoms with Gasteiger partial charge in [-0.15, -0.1) is 0 Å². The maximum absolute atomic E-state index is 6.06. The minimum atomic E-state index is 0.426. The molecule has 1 unspecified atom stereocenters. The molecule has 0 spiro atoms. The number of nitrogens with two attached hydrogens (primary N) is 1. The van der Waals surface area contributed by atoms with Gasteiger partial charge in [0, 0.05) is 37.9 Å². The number of nitrogens with one attached hydrogen (secondary N) is 1. The molecular formula is C18H31N5O. The predicted octanol–water partition coefficient (Wildman–Crippen LogP) is 1.69. The van der Waals surface area contributed by atoms with Gasteiger partial charge in [-0.2, -0.15) is 0 Å². The highest BCUT2D eigenvalue weighted by atomic mass is 16.5. The van der Waals surface area contributed by atoms with Crippen LogP contribution in [-0.4, -0.2) is 68.7 Å². The molecule has 134 valence electrons. The summed E-state index contributed by atoms with van der Waals surface area (Å²) in [5.74, 6) is 1.83. The second kappa shape index (κ2) is 8.89. The third-order valence-corrected chi connectivity index (χ3v) is 4.59. The smallest absolute Gasteiger partial charge is 0.193 e. The number of ether oxygens (including phenoxy) is 1. The monoisotopic (exact) mass is 333 g/mol. The Morgan fingerprint density at radius 3 is 2.38 bits per heavy atom. The van der Waals surface area contributed by atoms with E-state index in [0.717, 1.165) is 44.2 Å². The molecule has 1 aliphatic heterocycles. The third kappa shape index (κ3) is 5.39. The average molecular weight is 333 g/mol. The summed E-state index contributed by atoms with van der Waals surface area (Å²) in [5.41, 5.74) is 6.97. The molecule has 0 aromatic heterocycles. The maximum atomic E-state index is 6.06. The molecule has 1 aromatic rings. The number of rotatable bonds is 6. The summed E-state index contributed by atoms with van der Waals surface area (Å²) in [6.07, 6.45) is 0. The molecule has 6 heteroatoms. The van der Waals surface area contributed by atoms with E-state index in [0.29, 0.717) is 17.9 Å². The summed E-state index contributed by atoms with van der Waals surface area (Å²) < 4.78 is 5.16. The van der Waals surface area contributed by atoms with Crippen molar-refractivity contribution in [2.45, 2.75) is 19.9 Å². The number of methoxy groups -OCH3 is 1. The van der Waals surface area contributed by atoms with Crippen LogP contribution in [0.5, 0.6) is 5.75 Å². The normalized spacial score (nSPS) is 18.6.